The van der Waals surface area contributed by atoms with Gasteiger partial charge in [-0.05, 0) is 56.0 Å². The highest BCUT2D eigenvalue weighted by Crippen LogP contribution is 2.28. The van der Waals surface area contributed by atoms with Gasteiger partial charge in [-0.1, -0.05) is 48.0 Å². The summed E-state index contributed by atoms with van der Waals surface area (Å²) < 4.78 is 26.1. The van der Waals surface area contributed by atoms with Crippen LogP contribution >= 0.6 is 0 Å². The van der Waals surface area contributed by atoms with Gasteiger partial charge in [-0.25, -0.2) is 4.98 Å². The summed E-state index contributed by atoms with van der Waals surface area (Å²) in [5.41, 5.74) is 4.70. The molecule has 0 fully saturated rings. The van der Waals surface area contributed by atoms with E-state index in [-0.39, 0.29) is 5.97 Å². The van der Waals surface area contributed by atoms with E-state index in [4.69, 9.17) is 9.72 Å². The Kier molecular flexibility index (Phi) is 8.32. The number of unbranched alkanes of at least 4 members (excludes halogenated alkanes) is 2. The van der Waals surface area contributed by atoms with Crippen molar-refractivity contribution in [2.45, 2.75) is 43.5 Å². The maximum absolute atomic E-state index is 13.4. The van der Waals surface area contributed by atoms with Crippen LogP contribution in [0, 0.1) is 6.92 Å². The lowest BCUT2D eigenvalue weighted by Gasteiger charge is -2.11. The lowest BCUT2D eigenvalue weighted by molar-refractivity contribution is -0.140. The minimum Gasteiger partial charge on any atom is -0.494 e. The molecule has 1 heterocycles. The highest BCUT2D eigenvalue weighted by molar-refractivity contribution is 7.84. The summed E-state index contributed by atoms with van der Waals surface area (Å²) in [6.45, 7) is 2.60. The molecular weight excluding hydrogens is 460 g/mol. The molecule has 1 atom stereocenters. The molecular formula is C28H30N2O4S. The van der Waals surface area contributed by atoms with E-state index in [2.05, 4.69) is 4.74 Å². The van der Waals surface area contributed by atoms with Gasteiger partial charge in [0.05, 0.1) is 41.3 Å². The molecule has 0 amide bonds. The minimum absolute atomic E-state index is 0.179. The summed E-state index contributed by atoms with van der Waals surface area (Å²) in [4.78, 5) is 16.0. The van der Waals surface area contributed by atoms with Gasteiger partial charge >= 0.3 is 5.97 Å². The number of carbonyl (C=O) groups excluding carboxylic acids is 1. The van der Waals surface area contributed by atoms with Crippen LogP contribution in [0.5, 0.6) is 5.75 Å². The number of aromatic nitrogens is 2. The molecule has 6 nitrogen and oxygen atoms in total. The van der Waals surface area contributed by atoms with Crippen LogP contribution in [0.4, 0.5) is 0 Å². The van der Waals surface area contributed by atoms with E-state index in [0.29, 0.717) is 23.9 Å². The van der Waals surface area contributed by atoms with Crippen molar-refractivity contribution in [2.75, 3.05) is 13.7 Å². The van der Waals surface area contributed by atoms with Crippen LogP contribution in [-0.2, 0) is 26.1 Å². The topological polar surface area (TPSA) is 70.4 Å². The van der Waals surface area contributed by atoms with E-state index in [1.165, 1.54) is 7.11 Å². The lowest BCUT2D eigenvalue weighted by Crippen LogP contribution is -2.06. The van der Waals surface area contributed by atoms with Crippen LogP contribution in [0.1, 0.15) is 36.8 Å². The average molecular weight is 491 g/mol. The second-order valence-corrected chi connectivity index (χ2v) is 9.77. The lowest BCUT2D eigenvalue weighted by atomic mass is 10.2. The number of fused-ring (bicyclic) bond motifs is 1. The predicted octanol–water partition coefficient (Wildman–Crippen LogP) is 5.75. The molecule has 0 aliphatic carbocycles. The summed E-state index contributed by atoms with van der Waals surface area (Å²) in [6, 6.07) is 23.7. The summed E-state index contributed by atoms with van der Waals surface area (Å²) >= 11 is 0. The van der Waals surface area contributed by atoms with Gasteiger partial charge in [-0.3, -0.25) is 13.6 Å². The number of hydrogen-bond donors (Lipinski definition) is 0. The Balaban J connectivity index is 1.57. The maximum atomic E-state index is 13.4. The van der Waals surface area contributed by atoms with Crippen LogP contribution in [0.2, 0.25) is 0 Å². The van der Waals surface area contributed by atoms with Gasteiger partial charge in [0.15, 0.2) is 0 Å². The first-order chi connectivity index (χ1) is 17.0. The number of benzene rings is 3. The summed E-state index contributed by atoms with van der Waals surface area (Å²) in [6.07, 6.45) is 2.95. The molecule has 0 spiro atoms. The Morgan fingerprint density at radius 1 is 0.971 bits per heavy atom. The quantitative estimate of drug-likeness (QED) is 0.198. The Bertz CT molecular complexity index is 1300. The molecule has 35 heavy (non-hydrogen) atoms. The number of carbonyl (C=O) groups is 1. The number of methoxy groups -OCH3 is 1. The zero-order chi connectivity index (χ0) is 24.6. The van der Waals surface area contributed by atoms with E-state index in [1.54, 1.807) is 0 Å². The molecule has 4 aromatic rings. The molecule has 182 valence electrons. The van der Waals surface area contributed by atoms with Crippen molar-refractivity contribution < 1.29 is 18.5 Å². The Hall–Kier alpha value is -3.45. The summed E-state index contributed by atoms with van der Waals surface area (Å²) in [7, 11) is 0.0765. The number of nitrogens with zero attached hydrogens (tertiary/aromatic N) is 2. The van der Waals surface area contributed by atoms with Crippen molar-refractivity contribution in [3.8, 4) is 11.4 Å². The molecule has 1 aromatic heterocycles. The van der Waals surface area contributed by atoms with Crippen LogP contribution in [0.25, 0.3) is 16.7 Å². The first kappa shape index (κ1) is 24.7. The molecule has 7 heteroatoms. The smallest absolute Gasteiger partial charge is 0.305 e. The first-order valence-electron chi connectivity index (χ1n) is 11.8. The van der Waals surface area contributed by atoms with Crippen LogP contribution < -0.4 is 4.74 Å². The zero-order valence-corrected chi connectivity index (χ0v) is 20.9. The molecule has 0 aliphatic rings. The highest BCUT2D eigenvalue weighted by Gasteiger charge is 2.19. The van der Waals surface area contributed by atoms with E-state index >= 15 is 0 Å². The molecule has 0 radical (unpaired) electrons. The highest BCUT2D eigenvalue weighted by atomic mass is 32.2. The fourth-order valence-electron chi connectivity index (χ4n) is 3.85. The molecule has 0 N–H and O–H groups in total. The SMILES string of the molecule is COC(=O)CCCCCOc1ccc2nc(S(=O)Cc3ccccc3)n(-c3ccc(C)cc3)c2c1. The Labute approximate surface area is 208 Å². The summed E-state index contributed by atoms with van der Waals surface area (Å²) in [5, 5.41) is 0.521. The first-order valence-corrected chi connectivity index (χ1v) is 13.1. The van der Waals surface area contributed by atoms with Crippen LogP contribution in [-0.4, -0.2) is 33.4 Å². The van der Waals surface area contributed by atoms with Crippen molar-refractivity contribution in [1.29, 1.82) is 0 Å². The Morgan fingerprint density at radius 2 is 1.74 bits per heavy atom. The van der Waals surface area contributed by atoms with Crippen molar-refractivity contribution in [3.05, 3.63) is 83.9 Å². The zero-order valence-electron chi connectivity index (χ0n) is 20.1. The number of rotatable bonds is 11. The number of ether oxygens (including phenoxy) is 2. The van der Waals surface area contributed by atoms with E-state index in [9.17, 15) is 9.00 Å². The van der Waals surface area contributed by atoms with Crippen LogP contribution in [0.3, 0.4) is 0 Å². The molecule has 0 bridgehead atoms. The molecule has 1 unspecified atom stereocenters. The van der Waals surface area contributed by atoms with Crippen LogP contribution in [0.15, 0.2) is 78.0 Å². The fourth-order valence-corrected chi connectivity index (χ4v) is 5.08. The van der Waals surface area contributed by atoms with Gasteiger partial charge in [-0.15, -0.1) is 0 Å². The van der Waals surface area contributed by atoms with Gasteiger partial charge in [-0.2, -0.15) is 0 Å². The largest absolute Gasteiger partial charge is 0.494 e. The van der Waals surface area contributed by atoms with Crippen molar-refractivity contribution >= 4 is 27.8 Å². The fraction of sp³-hybridized carbons (Fsp3) is 0.286. The van der Waals surface area contributed by atoms with Gasteiger partial charge in [0, 0.05) is 18.2 Å². The number of imidazole rings is 1. The third-order valence-corrected chi connectivity index (χ3v) is 7.03. The minimum atomic E-state index is -1.33. The molecule has 0 saturated heterocycles. The molecule has 0 aliphatic heterocycles. The number of hydrogen-bond acceptors (Lipinski definition) is 5. The Morgan fingerprint density at radius 3 is 2.49 bits per heavy atom. The number of esters is 1. The van der Waals surface area contributed by atoms with Crippen molar-refractivity contribution in [3.63, 3.8) is 0 Å². The van der Waals surface area contributed by atoms with E-state index < -0.39 is 10.8 Å². The third-order valence-electron chi connectivity index (χ3n) is 5.75. The monoisotopic (exact) mass is 490 g/mol. The van der Waals surface area contributed by atoms with Gasteiger partial charge in [0.25, 0.3) is 0 Å². The average Bonchev–Trinajstić information content (AvgIpc) is 3.26. The second kappa shape index (κ2) is 11.8. The second-order valence-electron chi connectivity index (χ2n) is 8.43. The third kappa shape index (κ3) is 6.36. The summed E-state index contributed by atoms with van der Waals surface area (Å²) in [5.74, 6) is 0.950. The predicted molar refractivity (Wildman–Crippen MR) is 138 cm³/mol. The molecule has 3 aromatic carbocycles. The van der Waals surface area contributed by atoms with Gasteiger partial charge in [0.1, 0.15) is 5.75 Å². The number of aryl methyl sites for hydroxylation is 1. The van der Waals surface area contributed by atoms with Gasteiger partial charge in [0.2, 0.25) is 5.16 Å². The normalized spacial score (nSPS) is 11.9. The molecule has 0 saturated carbocycles. The van der Waals surface area contributed by atoms with Gasteiger partial charge < -0.3 is 9.47 Å². The van der Waals surface area contributed by atoms with Crippen molar-refractivity contribution in [2.24, 2.45) is 0 Å². The maximum Gasteiger partial charge on any atom is 0.305 e. The molecule has 4 rings (SSSR count). The van der Waals surface area contributed by atoms with E-state index in [0.717, 1.165) is 52.9 Å². The standard InChI is InChI=1S/C28H30N2O4S/c1-21-12-14-23(15-13-21)30-26-19-24(34-18-8-4-7-11-27(31)33-2)16-17-25(26)29-28(30)35(32)20-22-9-5-3-6-10-22/h3,5-6,9-10,12-17,19H,4,7-8,11,18,20H2,1-2H3. The van der Waals surface area contributed by atoms with E-state index in [1.807, 2.05) is 84.3 Å². The van der Waals surface area contributed by atoms with Crippen molar-refractivity contribution in [1.82, 2.24) is 9.55 Å².